The Kier molecular flexibility index (Phi) is 4.74. The van der Waals surface area contributed by atoms with Gasteiger partial charge >= 0.3 is 0 Å². The van der Waals surface area contributed by atoms with Crippen molar-refractivity contribution in [3.8, 4) is 0 Å². The summed E-state index contributed by atoms with van der Waals surface area (Å²) in [5.74, 6) is 0. The van der Waals surface area contributed by atoms with Gasteiger partial charge in [0.15, 0.2) is 0 Å². The lowest BCUT2D eigenvalue weighted by Gasteiger charge is -2.20. The Hall–Kier alpha value is -1.32. The number of rotatable bonds is 4. The van der Waals surface area contributed by atoms with E-state index < -0.39 is 0 Å². The predicted octanol–water partition coefficient (Wildman–Crippen LogP) is 4.09. The quantitative estimate of drug-likeness (QED) is 0.922. The van der Waals surface area contributed by atoms with Gasteiger partial charge in [0.1, 0.15) is 0 Å². The topological polar surface area (TPSA) is 29.9 Å². The van der Waals surface area contributed by atoms with E-state index >= 15 is 0 Å². The zero-order valence-electron chi connectivity index (χ0n) is 13.5. The predicted molar refractivity (Wildman–Crippen MR) is 88.8 cm³/mol. The molecule has 0 aliphatic rings. The van der Waals surface area contributed by atoms with Crippen molar-refractivity contribution in [2.45, 2.75) is 53.2 Å². The third-order valence-electron chi connectivity index (χ3n) is 3.55. The van der Waals surface area contributed by atoms with Crippen molar-refractivity contribution in [2.75, 3.05) is 0 Å². The summed E-state index contributed by atoms with van der Waals surface area (Å²) < 4.78 is 2.06. The largest absolute Gasteiger partial charge is 0.308 e. The molecular formula is C17H24ClN3. The lowest BCUT2D eigenvalue weighted by molar-refractivity contribution is 0.423. The van der Waals surface area contributed by atoms with Crippen LogP contribution in [0.25, 0.3) is 0 Å². The van der Waals surface area contributed by atoms with Gasteiger partial charge in [-0.15, -0.1) is 0 Å². The number of nitrogens with zero attached hydrogens (tertiary/aromatic N) is 2. The van der Waals surface area contributed by atoms with E-state index in [1.54, 1.807) is 0 Å². The van der Waals surface area contributed by atoms with Crippen molar-refractivity contribution in [1.29, 1.82) is 0 Å². The third kappa shape index (κ3) is 4.32. The number of halogens is 1. The molecule has 0 atom stereocenters. The van der Waals surface area contributed by atoms with Crippen LogP contribution in [0.4, 0.5) is 0 Å². The molecule has 1 N–H and O–H groups in total. The molecule has 0 unspecified atom stereocenters. The molecule has 0 saturated carbocycles. The van der Waals surface area contributed by atoms with E-state index in [0.29, 0.717) is 0 Å². The maximum Gasteiger partial charge on any atom is 0.0663 e. The van der Waals surface area contributed by atoms with Gasteiger partial charge in [0.25, 0.3) is 0 Å². The Bertz CT molecular complexity index is 623. The fraction of sp³-hybridized carbons (Fsp3) is 0.471. The molecule has 1 heterocycles. The molecule has 2 aromatic rings. The van der Waals surface area contributed by atoms with Gasteiger partial charge in [-0.3, -0.25) is 4.68 Å². The summed E-state index contributed by atoms with van der Waals surface area (Å²) in [6.07, 6.45) is 0. The molecule has 2 rings (SSSR count). The van der Waals surface area contributed by atoms with E-state index in [2.05, 4.69) is 55.8 Å². The van der Waals surface area contributed by atoms with Gasteiger partial charge < -0.3 is 5.32 Å². The van der Waals surface area contributed by atoms with E-state index in [0.717, 1.165) is 23.8 Å². The van der Waals surface area contributed by atoms with Gasteiger partial charge in [0.05, 0.1) is 12.2 Å². The lowest BCUT2D eigenvalue weighted by Crippen LogP contribution is -2.35. The summed E-state index contributed by atoms with van der Waals surface area (Å²) in [6, 6.07) is 7.94. The van der Waals surface area contributed by atoms with Gasteiger partial charge in [-0.2, -0.15) is 5.10 Å². The standard InChI is InChI=1S/C17H24ClN3/c1-12-16(10-19-17(3,4)5)13(2)21(20-12)11-14-7-6-8-15(18)9-14/h6-9,19H,10-11H2,1-5H3. The maximum atomic E-state index is 6.05. The molecule has 114 valence electrons. The summed E-state index contributed by atoms with van der Waals surface area (Å²) in [7, 11) is 0. The molecule has 0 fully saturated rings. The third-order valence-corrected chi connectivity index (χ3v) is 3.78. The minimum Gasteiger partial charge on any atom is -0.308 e. The highest BCUT2D eigenvalue weighted by atomic mass is 35.5. The van der Waals surface area contributed by atoms with Crippen molar-refractivity contribution in [3.05, 3.63) is 51.8 Å². The molecule has 1 aromatic heterocycles. The smallest absolute Gasteiger partial charge is 0.0663 e. The van der Waals surface area contributed by atoms with Crippen LogP contribution in [-0.2, 0) is 13.1 Å². The second kappa shape index (κ2) is 6.20. The first kappa shape index (κ1) is 16.1. The summed E-state index contributed by atoms with van der Waals surface area (Å²) in [5, 5.41) is 8.97. The van der Waals surface area contributed by atoms with Crippen molar-refractivity contribution < 1.29 is 0 Å². The van der Waals surface area contributed by atoms with Crippen LogP contribution in [0.2, 0.25) is 5.02 Å². The molecule has 0 spiro atoms. The van der Waals surface area contributed by atoms with Crippen molar-refractivity contribution in [1.82, 2.24) is 15.1 Å². The molecule has 0 amide bonds. The van der Waals surface area contributed by atoms with Gasteiger partial charge in [-0.25, -0.2) is 0 Å². The highest BCUT2D eigenvalue weighted by Gasteiger charge is 2.15. The molecule has 0 radical (unpaired) electrons. The molecule has 0 saturated heterocycles. The lowest BCUT2D eigenvalue weighted by atomic mass is 10.1. The number of hydrogen-bond donors (Lipinski definition) is 1. The Morgan fingerprint density at radius 3 is 2.57 bits per heavy atom. The number of aromatic nitrogens is 2. The first-order valence-electron chi connectivity index (χ1n) is 7.28. The zero-order chi connectivity index (χ0) is 15.6. The second-order valence-electron chi connectivity index (χ2n) is 6.54. The molecule has 0 aliphatic heterocycles. The molecular weight excluding hydrogens is 282 g/mol. The number of hydrogen-bond acceptors (Lipinski definition) is 2. The first-order chi connectivity index (χ1) is 9.76. The first-order valence-corrected chi connectivity index (χ1v) is 7.66. The highest BCUT2D eigenvalue weighted by Crippen LogP contribution is 2.17. The Morgan fingerprint density at radius 1 is 1.24 bits per heavy atom. The average Bonchev–Trinajstić information content (AvgIpc) is 2.61. The van der Waals surface area contributed by atoms with E-state index in [-0.39, 0.29) is 5.54 Å². The molecule has 1 aromatic carbocycles. The minimum atomic E-state index is 0.105. The highest BCUT2D eigenvalue weighted by molar-refractivity contribution is 6.30. The molecule has 21 heavy (non-hydrogen) atoms. The summed E-state index contributed by atoms with van der Waals surface area (Å²) in [4.78, 5) is 0. The zero-order valence-corrected chi connectivity index (χ0v) is 14.3. The van der Waals surface area contributed by atoms with Gasteiger partial charge in [0, 0.05) is 28.4 Å². The van der Waals surface area contributed by atoms with E-state index in [1.807, 2.05) is 18.2 Å². The SMILES string of the molecule is Cc1nn(Cc2cccc(Cl)c2)c(C)c1CNC(C)(C)C. The van der Waals surface area contributed by atoms with E-state index in [1.165, 1.54) is 16.8 Å². The normalized spacial score (nSPS) is 11.9. The molecule has 3 nitrogen and oxygen atoms in total. The number of nitrogens with one attached hydrogen (secondary N) is 1. The molecule has 0 aliphatic carbocycles. The average molecular weight is 306 g/mol. The molecule has 0 bridgehead atoms. The number of aryl methyl sites for hydroxylation is 1. The maximum absolute atomic E-state index is 6.05. The Morgan fingerprint density at radius 2 is 1.95 bits per heavy atom. The van der Waals surface area contributed by atoms with Gasteiger partial charge in [-0.1, -0.05) is 23.7 Å². The van der Waals surface area contributed by atoms with Crippen LogP contribution in [0.5, 0.6) is 0 Å². The van der Waals surface area contributed by atoms with Crippen molar-refractivity contribution >= 4 is 11.6 Å². The van der Waals surface area contributed by atoms with Crippen LogP contribution >= 0.6 is 11.6 Å². The summed E-state index contributed by atoms with van der Waals surface area (Å²) in [6.45, 7) is 12.3. The fourth-order valence-electron chi connectivity index (χ4n) is 2.31. The van der Waals surface area contributed by atoms with Crippen molar-refractivity contribution in [2.24, 2.45) is 0 Å². The van der Waals surface area contributed by atoms with Crippen LogP contribution in [0.15, 0.2) is 24.3 Å². The fourth-order valence-corrected chi connectivity index (χ4v) is 2.52. The summed E-state index contributed by atoms with van der Waals surface area (Å²) >= 11 is 6.05. The van der Waals surface area contributed by atoms with Crippen LogP contribution < -0.4 is 5.32 Å². The Labute approximate surface area is 132 Å². The van der Waals surface area contributed by atoms with Crippen LogP contribution in [0.3, 0.4) is 0 Å². The Balaban J connectivity index is 2.19. The van der Waals surface area contributed by atoms with Gasteiger partial charge in [0.2, 0.25) is 0 Å². The van der Waals surface area contributed by atoms with Crippen LogP contribution in [0, 0.1) is 13.8 Å². The van der Waals surface area contributed by atoms with Crippen LogP contribution in [0.1, 0.15) is 43.3 Å². The summed E-state index contributed by atoms with van der Waals surface area (Å²) in [5.41, 5.74) is 4.86. The van der Waals surface area contributed by atoms with Crippen LogP contribution in [-0.4, -0.2) is 15.3 Å². The monoisotopic (exact) mass is 305 g/mol. The number of benzene rings is 1. The van der Waals surface area contributed by atoms with E-state index in [4.69, 9.17) is 11.6 Å². The van der Waals surface area contributed by atoms with Gasteiger partial charge in [-0.05, 0) is 52.3 Å². The second-order valence-corrected chi connectivity index (χ2v) is 6.98. The minimum absolute atomic E-state index is 0.105. The van der Waals surface area contributed by atoms with Crippen molar-refractivity contribution in [3.63, 3.8) is 0 Å². The molecule has 4 heteroatoms. The van der Waals surface area contributed by atoms with E-state index in [9.17, 15) is 0 Å².